The van der Waals surface area contributed by atoms with Crippen molar-refractivity contribution in [3.05, 3.63) is 0 Å². The van der Waals surface area contributed by atoms with Crippen LogP contribution in [0, 0.1) is 0 Å². The predicted molar refractivity (Wildman–Crippen MR) is 51.4 cm³/mol. The lowest BCUT2D eigenvalue weighted by atomic mass is 10.3. The summed E-state index contributed by atoms with van der Waals surface area (Å²) >= 11 is 1.69. The molecule has 0 atom stereocenters. The van der Waals surface area contributed by atoms with Gasteiger partial charge in [0, 0.05) is 0 Å². The smallest absolute Gasteiger partial charge is 0.0757 e. The molecular formula is C8H20BrNO. The van der Waals surface area contributed by atoms with Crippen LogP contribution in [0.2, 0.25) is 0 Å². The predicted octanol–water partition coefficient (Wildman–Crippen LogP) is 1.54. The number of nitrogens with zero attached hydrogens (tertiary/aromatic N) is 1. The van der Waals surface area contributed by atoms with E-state index in [9.17, 15) is 0 Å². The van der Waals surface area contributed by atoms with E-state index in [4.69, 9.17) is 4.20 Å². The molecule has 0 aromatic rings. The first-order chi connectivity index (χ1) is 5.24. The van der Waals surface area contributed by atoms with Crippen LogP contribution in [0.4, 0.5) is 0 Å². The Morgan fingerprint density at radius 3 is 1.00 bits per heavy atom. The van der Waals surface area contributed by atoms with Crippen LogP contribution in [0.15, 0.2) is 0 Å². The van der Waals surface area contributed by atoms with Gasteiger partial charge >= 0.3 is 0 Å². The van der Waals surface area contributed by atoms with Crippen molar-refractivity contribution < 1.29 is 8.68 Å². The van der Waals surface area contributed by atoms with E-state index >= 15 is 0 Å². The Labute approximate surface area is 79.3 Å². The van der Waals surface area contributed by atoms with Gasteiger partial charge in [-0.3, -0.25) is 0 Å². The minimum absolute atomic E-state index is 1.28. The molecule has 11 heavy (non-hydrogen) atoms. The summed E-state index contributed by atoms with van der Waals surface area (Å²) < 4.78 is 9.34. The second-order valence-electron chi connectivity index (χ2n) is 2.61. The van der Waals surface area contributed by atoms with E-state index in [2.05, 4.69) is 27.7 Å². The molecule has 0 radical (unpaired) electrons. The average molecular weight is 226 g/mol. The molecule has 0 heterocycles. The summed E-state index contributed by atoms with van der Waals surface area (Å²) in [6.07, 6.45) is 0. The fraction of sp³-hybridized carbons (Fsp3) is 1.00. The van der Waals surface area contributed by atoms with Gasteiger partial charge in [0.1, 0.15) is 0 Å². The zero-order chi connectivity index (χ0) is 9.33. The molecule has 3 heteroatoms. The highest BCUT2D eigenvalue weighted by Gasteiger charge is 2.16. The van der Waals surface area contributed by atoms with E-state index < -0.39 is 0 Å². The van der Waals surface area contributed by atoms with Crippen molar-refractivity contribution in [1.82, 2.24) is 0 Å². The molecular weight excluding hydrogens is 206 g/mol. The van der Waals surface area contributed by atoms with Crippen LogP contribution in [0.3, 0.4) is 0 Å². The summed E-state index contributed by atoms with van der Waals surface area (Å²) in [4.78, 5) is 0. The SMILES string of the molecule is CC[N+](CC)(CC)CC.[O-]Br. The van der Waals surface area contributed by atoms with Gasteiger partial charge in [-0.1, -0.05) is 0 Å². The van der Waals surface area contributed by atoms with Crippen molar-refractivity contribution in [3.8, 4) is 0 Å². The Kier molecular flexibility index (Phi) is 10.8. The van der Waals surface area contributed by atoms with E-state index in [1.165, 1.54) is 30.7 Å². The second kappa shape index (κ2) is 8.50. The van der Waals surface area contributed by atoms with E-state index in [1.807, 2.05) is 0 Å². The van der Waals surface area contributed by atoms with Crippen LogP contribution in [-0.2, 0) is 0 Å². The zero-order valence-corrected chi connectivity index (χ0v) is 9.65. The van der Waals surface area contributed by atoms with Crippen molar-refractivity contribution >= 4 is 16.3 Å². The number of rotatable bonds is 4. The summed E-state index contributed by atoms with van der Waals surface area (Å²) in [7, 11) is 0. The lowest BCUT2D eigenvalue weighted by molar-refractivity contribution is -0.921. The van der Waals surface area contributed by atoms with Crippen LogP contribution in [0.1, 0.15) is 27.7 Å². The number of hydrogen-bond acceptors (Lipinski definition) is 1. The fourth-order valence-corrected chi connectivity index (χ4v) is 1.34. The highest BCUT2D eigenvalue weighted by molar-refractivity contribution is 9.04. The van der Waals surface area contributed by atoms with Crippen LogP contribution < -0.4 is 4.20 Å². The van der Waals surface area contributed by atoms with Crippen LogP contribution in [0.25, 0.3) is 0 Å². The Bertz CT molecular complexity index is 57.0. The van der Waals surface area contributed by atoms with Crippen LogP contribution >= 0.6 is 16.3 Å². The molecule has 0 aliphatic carbocycles. The maximum atomic E-state index is 8.06. The van der Waals surface area contributed by atoms with E-state index in [0.29, 0.717) is 0 Å². The third kappa shape index (κ3) is 4.77. The molecule has 2 nitrogen and oxygen atoms in total. The van der Waals surface area contributed by atoms with Gasteiger partial charge in [-0.2, -0.15) is 0 Å². The Hall–Kier alpha value is 0.400. The van der Waals surface area contributed by atoms with Gasteiger partial charge in [-0.15, -0.1) is 0 Å². The van der Waals surface area contributed by atoms with E-state index in [0.717, 1.165) is 0 Å². The standard InChI is InChI=1S/C8H20N.BrO/c1-5-9(6-2,7-3)8-4;1-2/h5-8H2,1-4H3;/q+1;-1. The second-order valence-corrected chi connectivity index (χ2v) is 2.61. The highest BCUT2D eigenvalue weighted by atomic mass is 79.9. The van der Waals surface area contributed by atoms with Crippen molar-refractivity contribution in [2.45, 2.75) is 27.7 Å². The molecule has 0 aliphatic rings. The lowest BCUT2D eigenvalue weighted by Crippen LogP contribution is -2.47. The molecule has 0 N–H and O–H groups in total. The molecule has 0 bridgehead atoms. The Morgan fingerprint density at radius 1 is 0.818 bits per heavy atom. The third-order valence-corrected chi connectivity index (χ3v) is 2.68. The van der Waals surface area contributed by atoms with Gasteiger partial charge < -0.3 is 8.68 Å². The van der Waals surface area contributed by atoms with Gasteiger partial charge in [-0.05, 0) is 27.7 Å². The zero-order valence-electron chi connectivity index (χ0n) is 8.06. The molecule has 0 aliphatic heterocycles. The molecule has 0 saturated carbocycles. The van der Waals surface area contributed by atoms with E-state index in [1.54, 1.807) is 16.3 Å². The summed E-state index contributed by atoms with van der Waals surface area (Å²) in [6, 6.07) is 0. The van der Waals surface area contributed by atoms with Crippen molar-refractivity contribution in [2.75, 3.05) is 26.2 Å². The minimum atomic E-state index is 1.28. The number of halogens is 1. The fourth-order valence-electron chi connectivity index (χ4n) is 1.34. The molecule has 0 rings (SSSR count). The maximum absolute atomic E-state index is 8.06. The van der Waals surface area contributed by atoms with Crippen molar-refractivity contribution in [3.63, 3.8) is 0 Å². The largest absolute Gasteiger partial charge is 0.791 e. The normalized spacial score (nSPS) is 10.4. The molecule has 70 valence electrons. The first kappa shape index (κ1) is 14.0. The van der Waals surface area contributed by atoms with Crippen molar-refractivity contribution in [1.29, 1.82) is 0 Å². The summed E-state index contributed by atoms with van der Waals surface area (Å²) in [6.45, 7) is 14.2. The molecule has 0 amide bonds. The first-order valence-electron chi connectivity index (χ1n) is 4.25. The lowest BCUT2D eigenvalue weighted by Gasteiger charge is -2.34. The maximum Gasteiger partial charge on any atom is 0.0757 e. The van der Waals surface area contributed by atoms with Crippen molar-refractivity contribution in [2.24, 2.45) is 0 Å². The third-order valence-electron chi connectivity index (χ3n) is 2.68. The van der Waals surface area contributed by atoms with Gasteiger partial charge in [0.15, 0.2) is 0 Å². The molecule has 0 aromatic heterocycles. The average Bonchev–Trinajstić information content (AvgIpc) is 2.13. The van der Waals surface area contributed by atoms with Gasteiger partial charge in [0.2, 0.25) is 0 Å². The quantitative estimate of drug-likeness (QED) is 0.667. The van der Waals surface area contributed by atoms with Crippen LogP contribution in [0.5, 0.6) is 0 Å². The topological polar surface area (TPSA) is 23.1 Å². The highest BCUT2D eigenvalue weighted by Crippen LogP contribution is 2.03. The van der Waals surface area contributed by atoms with Gasteiger partial charge in [0.25, 0.3) is 0 Å². The Morgan fingerprint density at radius 2 is 1.00 bits per heavy atom. The number of hydrogen-bond donors (Lipinski definition) is 0. The van der Waals surface area contributed by atoms with Crippen LogP contribution in [-0.4, -0.2) is 30.7 Å². The number of quaternary nitrogens is 1. The molecule has 0 spiro atoms. The monoisotopic (exact) mass is 225 g/mol. The van der Waals surface area contributed by atoms with Gasteiger partial charge in [-0.25, -0.2) is 16.3 Å². The van der Waals surface area contributed by atoms with Gasteiger partial charge in [0.05, 0.1) is 26.2 Å². The summed E-state index contributed by atoms with van der Waals surface area (Å²) in [5.41, 5.74) is 0. The summed E-state index contributed by atoms with van der Waals surface area (Å²) in [5, 5.41) is 0. The summed E-state index contributed by atoms with van der Waals surface area (Å²) in [5.74, 6) is 0. The first-order valence-corrected chi connectivity index (χ1v) is 4.90. The Balaban J connectivity index is 0. The molecule has 0 fully saturated rings. The molecule has 0 aromatic carbocycles. The van der Waals surface area contributed by atoms with E-state index in [-0.39, 0.29) is 0 Å². The molecule has 0 unspecified atom stereocenters. The minimum Gasteiger partial charge on any atom is -0.791 e. The molecule has 0 saturated heterocycles.